The fraction of sp³-hybridized carbons (Fsp3) is 0.459. The summed E-state index contributed by atoms with van der Waals surface area (Å²) in [5.74, 6) is 0.866. The summed E-state index contributed by atoms with van der Waals surface area (Å²) >= 11 is 0. The van der Waals surface area contributed by atoms with Crippen molar-refractivity contribution in [3.63, 3.8) is 0 Å². The van der Waals surface area contributed by atoms with E-state index in [0.717, 1.165) is 29.5 Å². The maximum Gasteiger partial charge on any atom is 0.410 e. The number of carbonyl (C=O) groups is 2. The van der Waals surface area contributed by atoms with Crippen molar-refractivity contribution in [1.29, 1.82) is 0 Å². The van der Waals surface area contributed by atoms with Crippen molar-refractivity contribution in [3.05, 3.63) is 102 Å². The number of nitrogens with zero attached hydrogens (tertiary/aromatic N) is 1. The van der Waals surface area contributed by atoms with Crippen LogP contribution in [0.1, 0.15) is 43.4 Å². The summed E-state index contributed by atoms with van der Waals surface area (Å²) in [6.07, 6.45) is -1.19. The van der Waals surface area contributed by atoms with Gasteiger partial charge in [0.1, 0.15) is 25.1 Å². The van der Waals surface area contributed by atoms with E-state index in [2.05, 4.69) is 12.2 Å². The predicted molar refractivity (Wildman–Crippen MR) is 176 cm³/mol. The van der Waals surface area contributed by atoms with Gasteiger partial charge in [0.15, 0.2) is 6.29 Å². The molecule has 2 aliphatic rings. The van der Waals surface area contributed by atoms with Gasteiger partial charge in [-0.3, -0.25) is 0 Å². The number of hydrogen-bond donors (Lipinski definition) is 2. The molecule has 2 heterocycles. The number of aliphatic hydroxyl groups excluding tert-OH is 1. The first-order valence-electron chi connectivity index (χ1n) is 16.5. The van der Waals surface area contributed by atoms with Crippen LogP contribution >= 0.6 is 0 Å². The minimum Gasteiger partial charge on any atom is -0.489 e. The maximum atomic E-state index is 13.3. The summed E-state index contributed by atoms with van der Waals surface area (Å²) in [4.78, 5) is 28.0. The molecule has 3 aromatic carbocycles. The Bertz CT molecular complexity index is 1390. The van der Waals surface area contributed by atoms with Crippen LogP contribution in [0.15, 0.2) is 84.9 Å². The van der Waals surface area contributed by atoms with Gasteiger partial charge < -0.3 is 39.0 Å². The number of alkyl carbamates (subject to hydrolysis) is 1. The second kappa shape index (κ2) is 17.2. The van der Waals surface area contributed by atoms with Gasteiger partial charge in [-0.25, -0.2) is 9.59 Å². The summed E-state index contributed by atoms with van der Waals surface area (Å²) in [5.41, 5.74) is 2.80. The van der Waals surface area contributed by atoms with Gasteiger partial charge in [-0.1, -0.05) is 93.1 Å². The van der Waals surface area contributed by atoms with E-state index in [1.165, 1.54) is 4.90 Å². The van der Waals surface area contributed by atoms with Crippen LogP contribution < -0.4 is 10.1 Å². The highest BCUT2D eigenvalue weighted by Crippen LogP contribution is 2.33. The Balaban J connectivity index is 1.26. The lowest BCUT2D eigenvalue weighted by Crippen LogP contribution is -2.52. The summed E-state index contributed by atoms with van der Waals surface area (Å²) < 4.78 is 28.5. The molecule has 10 nitrogen and oxygen atoms in total. The van der Waals surface area contributed by atoms with E-state index < -0.39 is 30.4 Å². The van der Waals surface area contributed by atoms with E-state index in [1.807, 2.05) is 91.9 Å². The molecule has 47 heavy (non-hydrogen) atoms. The van der Waals surface area contributed by atoms with E-state index in [1.54, 1.807) is 0 Å². The molecule has 0 aliphatic carbocycles. The molecule has 6 atom stereocenters. The minimum atomic E-state index is -1.12. The smallest absolute Gasteiger partial charge is 0.410 e. The number of benzene rings is 3. The summed E-state index contributed by atoms with van der Waals surface area (Å²) in [7, 11) is 0. The van der Waals surface area contributed by atoms with Crippen molar-refractivity contribution < 1.29 is 38.4 Å². The normalized spacial score (nSPS) is 20.4. The predicted octanol–water partition coefficient (Wildman–Crippen LogP) is 5.71. The zero-order valence-corrected chi connectivity index (χ0v) is 27.2. The molecular weight excluding hydrogens is 600 g/mol. The van der Waals surface area contributed by atoms with Crippen molar-refractivity contribution in [2.24, 2.45) is 11.8 Å². The third kappa shape index (κ3) is 10.2. The average molecular weight is 647 g/mol. The van der Waals surface area contributed by atoms with E-state index in [9.17, 15) is 14.7 Å². The fourth-order valence-electron chi connectivity index (χ4n) is 5.76. The van der Waals surface area contributed by atoms with Gasteiger partial charge >= 0.3 is 12.2 Å². The minimum absolute atomic E-state index is 0.0158. The second-order valence-electron chi connectivity index (χ2n) is 12.4. The lowest BCUT2D eigenvalue weighted by Gasteiger charge is -2.31. The highest BCUT2D eigenvalue weighted by molar-refractivity contribution is 5.69. The Kier molecular flexibility index (Phi) is 12.5. The molecule has 0 aromatic heterocycles. The molecular formula is C37H46N2O8. The number of nitrogens with one attached hydrogen (secondary N) is 1. The molecule has 2 N–H and O–H groups in total. The second-order valence-corrected chi connectivity index (χ2v) is 12.4. The van der Waals surface area contributed by atoms with E-state index >= 15 is 0 Å². The first-order valence-corrected chi connectivity index (χ1v) is 16.5. The SMILES string of the molecule is CC[C@H](C)CN(C[C@@H](O)[C@H](Cc1ccc(OCc2ccccc2)cc1)NC(=O)O[C@H]1CO[C@H]2OCC[C@H]21)C(=O)OCc1ccccc1. The molecule has 10 heteroatoms. The molecule has 5 rings (SSSR count). The van der Waals surface area contributed by atoms with Gasteiger partial charge in [0, 0.05) is 6.54 Å². The van der Waals surface area contributed by atoms with Crippen LogP contribution in [-0.4, -0.2) is 73.0 Å². The van der Waals surface area contributed by atoms with Crippen molar-refractivity contribution in [2.75, 3.05) is 26.3 Å². The summed E-state index contributed by atoms with van der Waals surface area (Å²) in [6.45, 7) is 5.84. The number of fused-ring (bicyclic) bond motifs is 1. The van der Waals surface area contributed by atoms with Crippen LogP contribution in [0, 0.1) is 11.8 Å². The maximum absolute atomic E-state index is 13.3. The summed E-state index contributed by atoms with van der Waals surface area (Å²) in [5, 5.41) is 14.5. The zero-order valence-electron chi connectivity index (χ0n) is 27.2. The third-order valence-electron chi connectivity index (χ3n) is 8.74. The number of ether oxygens (including phenoxy) is 5. The van der Waals surface area contributed by atoms with Crippen LogP contribution in [0.4, 0.5) is 9.59 Å². The number of amides is 2. The molecule has 0 radical (unpaired) electrons. The van der Waals surface area contributed by atoms with Crippen molar-refractivity contribution in [1.82, 2.24) is 10.2 Å². The topological polar surface area (TPSA) is 116 Å². The average Bonchev–Trinajstić information content (AvgIpc) is 3.72. The number of rotatable bonds is 15. The Hall–Kier alpha value is -4.12. The van der Waals surface area contributed by atoms with E-state index in [-0.39, 0.29) is 37.9 Å². The standard InChI is InChI=1S/C37H46N2O8/c1-3-26(2)21-39(37(42)46-24-29-12-8-5-9-13-29)22-33(40)32(38-36(41)47-34-25-45-35-31(34)18-19-43-35)20-27-14-16-30(17-15-27)44-23-28-10-6-4-7-11-28/h4-17,26,31-35,40H,3,18-25H2,1-2H3,(H,38,41)/t26-,31-,32-,33+,34-,35+/m0/s1. The van der Waals surface area contributed by atoms with Crippen LogP contribution in [-0.2, 0) is 38.6 Å². The molecule has 0 saturated carbocycles. The van der Waals surface area contributed by atoms with Crippen molar-refractivity contribution in [2.45, 2.75) is 70.9 Å². The molecule has 2 fully saturated rings. The van der Waals surface area contributed by atoms with Gasteiger partial charge in [-0.2, -0.15) is 0 Å². The Labute approximate surface area is 276 Å². The van der Waals surface area contributed by atoms with Gasteiger partial charge in [-0.05, 0) is 47.6 Å². The molecule has 3 aromatic rings. The molecule has 2 aliphatic heterocycles. The first-order chi connectivity index (χ1) is 22.9. The highest BCUT2D eigenvalue weighted by atomic mass is 16.7. The Morgan fingerprint density at radius 1 is 0.915 bits per heavy atom. The Morgan fingerprint density at radius 3 is 2.28 bits per heavy atom. The van der Waals surface area contributed by atoms with E-state index in [4.69, 9.17) is 23.7 Å². The first kappa shape index (κ1) is 34.2. The lowest BCUT2D eigenvalue weighted by molar-refractivity contribution is -0.0907. The Morgan fingerprint density at radius 2 is 1.60 bits per heavy atom. The van der Waals surface area contributed by atoms with Gasteiger partial charge in [0.25, 0.3) is 0 Å². The quantitative estimate of drug-likeness (QED) is 0.216. The number of hydrogen-bond acceptors (Lipinski definition) is 8. The van der Waals surface area contributed by atoms with Gasteiger partial charge in [0.2, 0.25) is 0 Å². The van der Waals surface area contributed by atoms with Crippen LogP contribution in [0.25, 0.3) is 0 Å². The largest absolute Gasteiger partial charge is 0.489 e. The fourth-order valence-corrected chi connectivity index (χ4v) is 5.76. The monoisotopic (exact) mass is 646 g/mol. The zero-order chi connectivity index (χ0) is 33.0. The van der Waals surface area contributed by atoms with Crippen LogP contribution in [0.5, 0.6) is 5.75 Å². The van der Waals surface area contributed by atoms with E-state index in [0.29, 0.717) is 31.9 Å². The van der Waals surface area contributed by atoms with Crippen LogP contribution in [0.2, 0.25) is 0 Å². The highest BCUT2D eigenvalue weighted by Gasteiger charge is 2.44. The number of aliphatic hydroxyl groups is 1. The molecule has 2 amide bonds. The van der Waals surface area contributed by atoms with Crippen LogP contribution in [0.3, 0.4) is 0 Å². The number of carbonyl (C=O) groups excluding carboxylic acids is 2. The van der Waals surface area contributed by atoms with Crippen molar-refractivity contribution in [3.8, 4) is 5.75 Å². The molecule has 0 bridgehead atoms. The lowest BCUT2D eigenvalue weighted by atomic mass is 10.00. The van der Waals surface area contributed by atoms with Crippen molar-refractivity contribution >= 4 is 12.2 Å². The van der Waals surface area contributed by atoms with Gasteiger partial charge in [0.05, 0.1) is 37.8 Å². The van der Waals surface area contributed by atoms with Gasteiger partial charge in [-0.15, -0.1) is 0 Å². The molecule has 0 unspecified atom stereocenters. The third-order valence-corrected chi connectivity index (χ3v) is 8.74. The molecule has 252 valence electrons. The summed E-state index contributed by atoms with van der Waals surface area (Å²) in [6, 6.07) is 26.2. The molecule has 0 spiro atoms. The molecule has 2 saturated heterocycles.